The number of carbonyl (C=O) groups is 1. The zero-order valence-corrected chi connectivity index (χ0v) is 9.72. The minimum Gasteiger partial charge on any atom is -0.478 e. The number of aromatic carboxylic acids is 1. The summed E-state index contributed by atoms with van der Waals surface area (Å²) in [4.78, 5) is 10.8. The lowest BCUT2D eigenvalue weighted by molar-refractivity contribution is 0.0697. The molecular formula is C10H9ClN4O2. The van der Waals surface area contributed by atoms with Crippen molar-refractivity contribution in [3.05, 3.63) is 34.6 Å². The van der Waals surface area contributed by atoms with E-state index in [0.29, 0.717) is 17.9 Å². The summed E-state index contributed by atoms with van der Waals surface area (Å²) in [5, 5.41) is 20.2. The van der Waals surface area contributed by atoms with Gasteiger partial charge in [-0.2, -0.15) is 4.68 Å². The van der Waals surface area contributed by atoms with Crippen molar-refractivity contribution in [2.24, 2.45) is 0 Å². The molecule has 0 bridgehead atoms. The number of aromatic nitrogens is 4. The molecule has 0 aliphatic heterocycles. The highest BCUT2D eigenvalue weighted by Crippen LogP contribution is 2.20. The Morgan fingerprint density at radius 3 is 2.88 bits per heavy atom. The molecule has 0 atom stereocenters. The van der Waals surface area contributed by atoms with Gasteiger partial charge in [-0.1, -0.05) is 18.5 Å². The molecule has 2 rings (SSSR count). The largest absolute Gasteiger partial charge is 0.478 e. The van der Waals surface area contributed by atoms with Gasteiger partial charge in [-0.05, 0) is 28.6 Å². The van der Waals surface area contributed by atoms with E-state index in [9.17, 15) is 4.79 Å². The summed E-state index contributed by atoms with van der Waals surface area (Å²) in [6, 6.07) is 4.58. The zero-order valence-electron chi connectivity index (χ0n) is 8.96. The maximum absolute atomic E-state index is 10.8. The van der Waals surface area contributed by atoms with E-state index in [1.165, 1.54) is 16.8 Å². The molecule has 0 saturated carbocycles. The number of aryl methyl sites for hydroxylation is 1. The van der Waals surface area contributed by atoms with Crippen molar-refractivity contribution >= 4 is 17.6 Å². The molecule has 88 valence electrons. The Morgan fingerprint density at radius 2 is 2.29 bits per heavy atom. The Morgan fingerprint density at radius 1 is 1.53 bits per heavy atom. The normalized spacial score (nSPS) is 10.5. The van der Waals surface area contributed by atoms with Crippen LogP contribution in [0.1, 0.15) is 23.1 Å². The van der Waals surface area contributed by atoms with Crippen LogP contribution < -0.4 is 0 Å². The molecule has 1 aromatic carbocycles. The summed E-state index contributed by atoms with van der Waals surface area (Å²) in [6.07, 6.45) is 0.672. The standard InChI is InChI=1S/C10H9ClN4O2/c1-2-9-12-13-14-15(9)6-3-4-7(10(16)17)8(11)5-6/h3-5H,2H2,1H3,(H,16,17). The molecule has 1 aromatic heterocycles. The average Bonchev–Trinajstić information content (AvgIpc) is 2.76. The van der Waals surface area contributed by atoms with Crippen LogP contribution in [-0.4, -0.2) is 31.3 Å². The second-order valence-electron chi connectivity index (χ2n) is 3.33. The molecule has 6 nitrogen and oxygen atoms in total. The Balaban J connectivity index is 2.48. The van der Waals surface area contributed by atoms with Crippen LogP contribution in [0.2, 0.25) is 5.02 Å². The van der Waals surface area contributed by atoms with E-state index >= 15 is 0 Å². The van der Waals surface area contributed by atoms with Crippen LogP contribution >= 0.6 is 11.6 Å². The Kier molecular flexibility index (Phi) is 3.06. The number of tetrazole rings is 1. The zero-order chi connectivity index (χ0) is 12.4. The summed E-state index contributed by atoms with van der Waals surface area (Å²) in [5.41, 5.74) is 0.698. The molecule has 0 unspecified atom stereocenters. The van der Waals surface area contributed by atoms with Crippen molar-refractivity contribution in [1.82, 2.24) is 20.2 Å². The fourth-order valence-corrected chi connectivity index (χ4v) is 1.69. The predicted octanol–water partition coefficient (Wildman–Crippen LogP) is 1.58. The molecule has 17 heavy (non-hydrogen) atoms. The lowest BCUT2D eigenvalue weighted by Gasteiger charge is -2.05. The summed E-state index contributed by atoms with van der Waals surface area (Å²) in [7, 11) is 0. The van der Waals surface area contributed by atoms with E-state index < -0.39 is 5.97 Å². The van der Waals surface area contributed by atoms with Crippen molar-refractivity contribution in [2.45, 2.75) is 13.3 Å². The molecule has 1 N–H and O–H groups in total. The number of hydrogen-bond acceptors (Lipinski definition) is 4. The Bertz CT molecular complexity index is 567. The number of nitrogens with zero attached hydrogens (tertiary/aromatic N) is 4. The topological polar surface area (TPSA) is 80.9 Å². The van der Waals surface area contributed by atoms with Crippen LogP contribution in [0.4, 0.5) is 0 Å². The molecule has 1 heterocycles. The van der Waals surface area contributed by atoms with E-state index in [4.69, 9.17) is 16.7 Å². The van der Waals surface area contributed by atoms with Gasteiger partial charge in [0.05, 0.1) is 16.3 Å². The summed E-state index contributed by atoms with van der Waals surface area (Å²) < 4.78 is 1.53. The van der Waals surface area contributed by atoms with Crippen LogP contribution in [0, 0.1) is 0 Å². The third-order valence-electron chi connectivity index (χ3n) is 2.28. The van der Waals surface area contributed by atoms with E-state index in [0.717, 1.165) is 0 Å². The highest BCUT2D eigenvalue weighted by atomic mass is 35.5. The number of rotatable bonds is 3. The molecule has 0 saturated heterocycles. The molecule has 0 aliphatic rings. The molecular weight excluding hydrogens is 244 g/mol. The quantitative estimate of drug-likeness (QED) is 0.897. The molecule has 2 aromatic rings. The molecule has 7 heteroatoms. The first kappa shape index (κ1) is 11.5. The molecule has 0 aliphatic carbocycles. The van der Waals surface area contributed by atoms with Crippen molar-refractivity contribution in [3.63, 3.8) is 0 Å². The molecule has 0 spiro atoms. The second kappa shape index (κ2) is 4.50. The molecule has 0 amide bonds. The number of benzene rings is 1. The number of carboxylic acid groups (broad SMARTS) is 1. The summed E-state index contributed by atoms with van der Waals surface area (Å²) in [5.74, 6) is -0.377. The SMILES string of the molecule is CCc1nnnn1-c1ccc(C(=O)O)c(Cl)c1. The minimum atomic E-state index is -1.06. The van der Waals surface area contributed by atoms with Crippen molar-refractivity contribution < 1.29 is 9.90 Å². The first-order chi connectivity index (χ1) is 8.13. The van der Waals surface area contributed by atoms with Crippen LogP contribution in [0.5, 0.6) is 0 Å². The lowest BCUT2D eigenvalue weighted by Crippen LogP contribution is -2.04. The fraction of sp³-hybridized carbons (Fsp3) is 0.200. The Hall–Kier alpha value is -1.95. The maximum Gasteiger partial charge on any atom is 0.337 e. The van der Waals surface area contributed by atoms with Gasteiger partial charge in [0, 0.05) is 6.42 Å². The summed E-state index contributed by atoms with van der Waals surface area (Å²) >= 11 is 5.87. The lowest BCUT2D eigenvalue weighted by atomic mass is 10.2. The average molecular weight is 253 g/mol. The molecule has 0 radical (unpaired) electrons. The van der Waals surface area contributed by atoms with Gasteiger partial charge in [0.25, 0.3) is 0 Å². The van der Waals surface area contributed by atoms with Gasteiger partial charge in [0.2, 0.25) is 0 Å². The monoisotopic (exact) mass is 252 g/mol. The van der Waals surface area contributed by atoms with Gasteiger partial charge in [0.1, 0.15) is 0 Å². The van der Waals surface area contributed by atoms with Gasteiger partial charge in [-0.15, -0.1) is 5.10 Å². The maximum atomic E-state index is 10.8. The van der Waals surface area contributed by atoms with Gasteiger partial charge in [-0.3, -0.25) is 0 Å². The highest BCUT2D eigenvalue weighted by Gasteiger charge is 2.12. The Labute approximate surface area is 102 Å². The van der Waals surface area contributed by atoms with E-state index in [1.807, 2.05) is 6.92 Å². The van der Waals surface area contributed by atoms with Gasteiger partial charge < -0.3 is 5.11 Å². The van der Waals surface area contributed by atoms with Gasteiger partial charge in [0.15, 0.2) is 5.82 Å². The third-order valence-corrected chi connectivity index (χ3v) is 2.59. The van der Waals surface area contributed by atoms with Crippen molar-refractivity contribution in [3.8, 4) is 5.69 Å². The number of carboxylic acids is 1. The van der Waals surface area contributed by atoms with Crippen LogP contribution in [0.25, 0.3) is 5.69 Å². The van der Waals surface area contributed by atoms with E-state index in [2.05, 4.69) is 15.5 Å². The first-order valence-corrected chi connectivity index (χ1v) is 5.31. The van der Waals surface area contributed by atoms with Crippen LogP contribution in [0.15, 0.2) is 18.2 Å². The number of hydrogen-bond donors (Lipinski definition) is 1. The van der Waals surface area contributed by atoms with Gasteiger partial charge in [-0.25, -0.2) is 4.79 Å². The number of halogens is 1. The second-order valence-corrected chi connectivity index (χ2v) is 3.74. The fourth-order valence-electron chi connectivity index (χ4n) is 1.44. The minimum absolute atomic E-state index is 0.0570. The van der Waals surface area contributed by atoms with Crippen molar-refractivity contribution in [1.29, 1.82) is 0 Å². The van der Waals surface area contributed by atoms with E-state index in [-0.39, 0.29) is 10.6 Å². The van der Waals surface area contributed by atoms with Crippen LogP contribution in [0.3, 0.4) is 0 Å². The van der Waals surface area contributed by atoms with Crippen molar-refractivity contribution in [2.75, 3.05) is 0 Å². The first-order valence-electron chi connectivity index (χ1n) is 4.94. The van der Waals surface area contributed by atoms with Crippen LogP contribution in [-0.2, 0) is 6.42 Å². The van der Waals surface area contributed by atoms with E-state index in [1.54, 1.807) is 6.07 Å². The highest BCUT2D eigenvalue weighted by molar-refractivity contribution is 6.33. The van der Waals surface area contributed by atoms with Gasteiger partial charge >= 0.3 is 5.97 Å². The summed E-state index contributed by atoms with van der Waals surface area (Å²) in [6.45, 7) is 1.93. The molecule has 0 fully saturated rings. The predicted molar refractivity (Wildman–Crippen MR) is 60.5 cm³/mol. The third kappa shape index (κ3) is 2.12. The smallest absolute Gasteiger partial charge is 0.337 e.